The maximum Gasteiger partial charge on any atom is 0.302 e. The van der Waals surface area contributed by atoms with Gasteiger partial charge in [0.25, 0.3) is 0 Å². The molecule has 1 saturated carbocycles. The van der Waals surface area contributed by atoms with Crippen molar-refractivity contribution in [2.45, 2.75) is 40.2 Å². The number of esters is 1. The molecule has 0 spiro atoms. The van der Waals surface area contributed by atoms with Gasteiger partial charge in [0.05, 0.1) is 0 Å². The van der Waals surface area contributed by atoms with Gasteiger partial charge in [0, 0.05) is 18.8 Å². The summed E-state index contributed by atoms with van der Waals surface area (Å²) < 4.78 is 5.38. The molecule has 2 nitrogen and oxygen atoms in total. The number of rotatable bonds is 1. The molecule has 0 unspecified atom stereocenters. The molecule has 0 N–H and O–H groups in total. The Labute approximate surface area is 85.3 Å². The Balaban J connectivity index is 2.20. The highest BCUT2D eigenvalue weighted by molar-refractivity contribution is 5.66. The number of carbonyl (C=O) groups is 1. The van der Waals surface area contributed by atoms with Gasteiger partial charge in [0.2, 0.25) is 0 Å². The van der Waals surface area contributed by atoms with Crippen LogP contribution in [0.2, 0.25) is 0 Å². The van der Waals surface area contributed by atoms with E-state index in [1.54, 1.807) is 0 Å². The smallest absolute Gasteiger partial charge is 0.302 e. The first-order chi connectivity index (χ1) is 6.44. The third-order valence-electron chi connectivity index (χ3n) is 3.97. The van der Waals surface area contributed by atoms with Gasteiger partial charge in [0.1, 0.15) is 6.10 Å². The molecule has 2 bridgehead atoms. The van der Waals surface area contributed by atoms with Crippen molar-refractivity contribution in [1.29, 1.82) is 0 Å². The maximum absolute atomic E-state index is 11.0. The molecule has 0 aliphatic heterocycles. The molecule has 1 fully saturated rings. The normalized spacial score (nSPS) is 38.3. The van der Waals surface area contributed by atoms with E-state index >= 15 is 0 Å². The Morgan fingerprint density at radius 3 is 2.64 bits per heavy atom. The van der Waals surface area contributed by atoms with Crippen LogP contribution in [0.25, 0.3) is 0 Å². The van der Waals surface area contributed by atoms with E-state index in [0.717, 1.165) is 6.42 Å². The van der Waals surface area contributed by atoms with Crippen molar-refractivity contribution < 1.29 is 9.53 Å². The first-order valence-electron chi connectivity index (χ1n) is 5.28. The molecule has 0 aromatic carbocycles. The second-order valence-corrected chi connectivity index (χ2v) is 5.16. The van der Waals surface area contributed by atoms with Crippen molar-refractivity contribution in [3.8, 4) is 0 Å². The average Bonchev–Trinajstić information content (AvgIpc) is 2.01. The molecule has 0 heterocycles. The molecule has 0 aromatic rings. The van der Waals surface area contributed by atoms with Crippen molar-refractivity contribution in [3.63, 3.8) is 0 Å². The molecule has 3 aliphatic carbocycles. The van der Waals surface area contributed by atoms with Crippen LogP contribution in [-0.2, 0) is 9.53 Å². The molecule has 3 aliphatic rings. The highest BCUT2D eigenvalue weighted by Crippen LogP contribution is 2.60. The first kappa shape index (κ1) is 9.75. The van der Waals surface area contributed by atoms with E-state index in [9.17, 15) is 4.79 Å². The predicted molar refractivity (Wildman–Crippen MR) is 54.7 cm³/mol. The third-order valence-corrected chi connectivity index (χ3v) is 3.97. The third kappa shape index (κ3) is 1.13. The molecule has 2 heteroatoms. The lowest BCUT2D eigenvalue weighted by Crippen LogP contribution is -2.61. The van der Waals surface area contributed by atoms with E-state index < -0.39 is 0 Å². The predicted octanol–water partition coefficient (Wildman–Crippen LogP) is 2.54. The lowest BCUT2D eigenvalue weighted by Gasteiger charge is -2.60. The largest absolute Gasteiger partial charge is 0.462 e. The summed E-state index contributed by atoms with van der Waals surface area (Å²) in [5.74, 6) is 0.834. The fourth-order valence-electron chi connectivity index (χ4n) is 3.26. The second-order valence-electron chi connectivity index (χ2n) is 5.16. The van der Waals surface area contributed by atoms with E-state index in [0.29, 0.717) is 17.3 Å². The molecule has 0 amide bonds. The van der Waals surface area contributed by atoms with Crippen LogP contribution in [0.4, 0.5) is 0 Å². The van der Waals surface area contributed by atoms with Gasteiger partial charge in [-0.25, -0.2) is 0 Å². The van der Waals surface area contributed by atoms with Gasteiger partial charge in [-0.3, -0.25) is 4.79 Å². The molecule has 0 aromatic heterocycles. The molecular weight excluding hydrogens is 176 g/mol. The van der Waals surface area contributed by atoms with Crippen LogP contribution in [0.3, 0.4) is 0 Å². The van der Waals surface area contributed by atoms with Crippen LogP contribution in [0.1, 0.15) is 34.1 Å². The van der Waals surface area contributed by atoms with Crippen molar-refractivity contribution in [2.75, 3.05) is 0 Å². The molecule has 78 valence electrons. The Kier molecular flexibility index (Phi) is 1.98. The van der Waals surface area contributed by atoms with E-state index in [4.69, 9.17) is 4.74 Å². The maximum atomic E-state index is 11.0. The molecule has 0 radical (unpaired) electrons. The van der Waals surface area contributed by atoms with Gasteiger partial charge in [-0.2, -0.15) is 0 Å². The minimum atomic E-state index is -0.143. The van der Waals surface area contributed by atoms with Gasteiger partial charge < -0.3 is 4.74 Å². The molecule has 0 saturated heterocycles. The monoisotopic (exact) mass is 194 g/mol. The first-order valence-corrected chi connectivity index (χ1v) is 5.28. The molecule has 3 rings (SSSR count). The average molecular weight is 194 g/mol. The number of allylic oxidation sites excluding steroid dienone is 1. The second kappa shape index (κ2) is 2.85. The highest BCUT2D eigenvalue weighted by atomic mass is 16.5. The Morgan fingerprint density at radius 1 is 1.57 bits per heavy atom. The number of fused-ring (bicyclic) bond motifs is 1. The lowest BCUT2D eigenvalue weighted by molar-refractivity contribution is -0.190. The van der Waals surface area contributed by atoms with E-state index in [1.165, 1.54) is 12.5 Å². The minimum Gasteiger partial charge on any atom is -0.462 e. The zero-order valence-electron chi connectivity index (χ0n) is 9.33. The van der Waals surface area contributed by atoms with Crippen molar-refractivity contribution in [3.05, 3.63) is 11.6 Å². The van der Waals surface area contributed by atoms with Crippen LogP contribution in [0.5, 0.6) is 0 Å². The quantitative estimate of drug-likeness (QED) is 0.473. The fraction of sp³-hybridized carbons (Fsp3) is 0.750. The van der Waals surface area contributed by atoms with Gasteiger partial charge in [-0.15, -0.1) is 0 Å². The van der Waals surface area contributed by atoms with Gasteiger partial charge in [0.15, 0.2) is 0 Å². The summed E-state index contributed by atoms with van der Waals surface area (Å²) in [4.78, 5) is 11.0. The topological polar surface area (TPSA) is 26.3 Å². The zero-order chi connectivity index (χ0) is 10.5. The van der Waals surface area contributed by atoms with Crippen LogP contribution >= 0.6 is 0 Å². The standard InChI is InChI=1S/C12H18O2/c1-7-5-6-9-11(14-8(2)13)10(7)12(9,3)4/h5,9-11H,6H2,1-4H3/t9-,10+,11+/m0/s1. The Bertz CT molecular complexity index is 301. The highest BCUT2D eigenvalue weighted by Gasteiger charge is 2.59. The van der Waals surface area contributed by atoms with Crippen LogP contribution < -0.4 is 0 Å². The van der Waals surface area contributed by atoms with E-state index in [-0.39, 0.29) is 12.1 Å². The summed E-state index contributed by atoms with van der Waals surface area (Å²) in [5.41, 5.74) is 1.71. The summed E-state index contributed by atoms with van der Waals surface area (Å²) in [7, 11) is 0. The van der Waals surface area contributed by atoms with Crippen molar-refractivity contribution in [1.82, 2.24) is 0 Å². The Morgan fingerprint density at radius 2 is 2.21 bits per heavy atom. The summed E-state index contributed by atoms with van der Waals surface area (Å²) in [6.07, 6.45) is 3.50. The minimum absolute atomic E-state index is 0.143. The van der Waals surface area contributed by atoms with E-state index in [1.807, 2.05) is 0 Å². The van der Waals surface area contributed by atoms with Crippen LogP contribution in [0.15, 0.2) is 11.6 Å². The van der Waals surface area contributed by atoms with Gasteiger partial charge >= 0.3 is 5.97 Å². The fourth-order valence-corrected chi connectivity index (χ4v) is 3.26. The summed E-state index contributed by atoms with van der Waals surface area (Å²) in [5, 5.41) is 0. The molecular formula is C12H18O2. The number of ether oxygens (including phenoxy) is 1. The van der Waals surface area contributed by atoms with E-state index in [2.05, 4.69) is 26.8 Å². The number of hydrogen-bond acceptors (Lipinski definition) is 2. The molecule has 14 heavy (non-hydrogen) atoms. The van der Waals surface area contributed by atoms with Gasteiger partial charge in [-0.1, -0.05) is 25.5 Å². The summed E-state index contributed by atoms with van der Waals surface area (Å²) >= 11 is 0. The Hall–Kier alpha value is -0.790. The SMILES string of the molecule is CC(=O)O[C@H]1[C@H]2C(C)=CC[C@@H]1C2(C)C. The van der Waals surface area contributed by atoms with Crippen LogP contribution in [0, 0.1) is 17.3 Å². The number of hydrogen-bond donors (Lipinski definition) is 0. The zero-order valence-corrected chi connectivity index (χ0v) is 9.33. The summed E-state index contributed by atoms with van der Waals surface area (Å²) in [6, 6.07) is 0. The number of carbonyl (C=O) groups excluding carboxylic acids is 1. The lowest BCUT2D eigenvalue weighted by atomic mass is 9.47. The van der Waals surface area contributed by atoms with Crippen molar-refractivity contribution >= 4 is 5.97 Å². The van der Waals surface area contributed by atoms with Crippen molar-refractivity contribution in [2.24, 2.45) is 17.3 Å². The molecule has 3 atom stereocenters. The van der Waals surface area contributed by atoms with Crippen LogP contribution in [-0.4, -0.2) is 12.1 Å². The summed E-state index contributed by atoms with van der Waals surface area (Å²) in [6.45, 7) is 8.20. The van der Waals surface area contributed by atoms with Gasteiger partial charge in [-0.05, 0) is 18.8 Å².